The van der Waals surface area contributed by atoms with Crippen molar-refractivity contribution in [3.05, 3.63) is 28.7 Å². The number of amides is 2. The molecule has 1 aromatic carbocycles. The van der Waals surface area contributed by atoms with E-state index in [2.05, 4.69) is 50.4 Å². The maximum Gasteiger partial charge on any atom is 0.317 e. The van der Waals surface area contributed by atoms with Crippen molar-refractivity contribution in [3.8, 4) is 0 Å². The summed E-state index contributed by atoms with van der Waals surface area (Å²) in [5.41, 5.74) is 1.23. The summed E-state index contributed by atoms with van der Waals surface area (Å²) < 4.78 is 1.10. The lowest BCUT2D eigenvalue weighted by Gasteiger charge is -2.36. The average Bonchev–Trinajstić information content (AvgIpc) is 2.84. The molecule has 1 aliphatic heterocycles. The largest absolute Gasteiger partial charge is 0.368 e. The Morgan fingerprint density at radius 1 is 0.957 bits per heavy atom. The molecule has 4 nitrogen and oxygen atoms in total. The molecule has 1 heterocycles. The Bertz CT molecular complexity index is 504. The molecule has 126 valence electrons. The van der Waals surface area contributed by atoms with Crippen molar-refractivity contribution < 1.29 is 4.79 Å². The molecule has 2 fully saturated rings. The minimum Gasteiger partial charge on any atom is -0.368 e. The van der Waals surface area contributed by atoms with Gasteiger partial charge >= 0.3 is 6.03 Å². The van der Waals surface area contributed by atoms with E-state index in [9.17, 15) is 4.79 Å². The van der Waals surface area contributed by atoms with E-state index in [0.717, 1.165) is 43.5 Å². The SMILES string of the molecule is O=C(NC1CCCCCC1)N1CCN(c2ccc(Br)cc2)CC1. The molecular formula is C18H26BrN3O. The number of carbonyl (C=O) groups is 1. The second-order valence-electron chi connectivity index (χ2n) is 6.59. The number of rotatable bonds is 2. The fourth-order valence-corrected chi connectivity index (χ4v) is 3.77. The molecule has 0 spiro atoms. The fraction of sp³-hybridized carbons (Fsp3) is 0.611. The number of hydrogen-bond acceptors (Lipinski definition) is 2. The highest BCUT2D eigenvalue weighted by molar-refractivity contribution is 9.10. The van der Waals surface area contributed by atoms with Crippen LogP contribution in [0, 0.1) is 0 Å². The third kappa shape index (κ3) is 4.63. The quantitative estimate of drug-likeness (QED) is 0.788. The van der Waals surface area contributed by atoms with Crippen LogP contribution in [0.25, 0.3) is 0 Å². The third-order valence-corrected chi connectivity index (χ3v) is 5.47. The van der Waals surface area contributed by atoms with Crippen LogP contribution in [0.5, 0.6) is 0 Å². The lowest BCUT2D eigenvalue weighted by molar-refractivity contribution is 0.189. The lowest BCUT2D eigenvalue weighted by Crippen LogP contribution is -2.53. The zero-order valence-corrected chi connectivity index (χ0v) is 15.2. The predicted octanol–water partition coefficient (Wildman–Crippen LogP) is 4.00. The van der Waals surface area contributed by atoms with Gasteiger partial charge in [-0.3, -0.25) is 0 Å². The minimum atomic E-state index is 0.132. The molecular weight excluding hydrogens is 354 g/mol. The van der Waals surface area contributed by atoms with E-state index in [4.69, 9.17) is 0 Å². The number of piperazine rings is 1. The summed E-state index contributed by atoms with van der Waals surface area (Å²) >= 11 is 3.47. The van der Waals surface area contributed by atoms with Crippen LogP contribution in [0.4, 0.5) is 10.5 Å². The standard InChI is InChI=1S/C18H26BrN3O/c19-15-7-9-17(10-8-15)21-11-13-22(14-12-21)18(23)20-16-5-3-1-2-4-6-16/h7-10,16H,1-6,11-14H2,(H,20,23). The second kappa shape index (κ2) is 8.04. The first-order chi connectivity index (χ1) is 11.2. The van der Waals surface area contributed by atoms with Gasteiger partial charge in [0.15, 0.2) is 0 Å². The molecule has 0 aromatic heterocycles. The zero-order chi connectivity index (χ0) is 16.1. The summed E-state index contributed by atoms with van der Waals surface area (Å²) in [7, 11) is 0. The van der Waals surface area contributed by atoms with Crippen LogP contribution in [0.3, 0.4) is 0 Å². The summed E-state index contributed by atoms with van der Waals surface area (Å²) in [6.45, 7) is 3.41. The minimum absolute atomic E-state index is 0.132. The smallest absolute Gasteiger partial charge is 0.317 e. The molecule has 1 N–H and O–H groups in total. The van der Waals surface area contributed by atoms with Crippen LogP contribution < -0.4 is 10.2 Å². The van der Waals surface area contributed by atoms with Crippen LogP contribution in [-0.2, 0) is 0 Å². The molecule has 5 heteroatoms. The molecule has 0 atom stereocenters. The second-order valence-corrected chi connectivity index (χ2v) is 7.50. The van der Waals surface area contributed by atoms with E-state index in [1.165, 1.54) is 31.4 Å². The van der Waals surface area contributed by atoms with Gasteiger partial charge in [-0.1, -0.05) is 41.6 Å². The number of anilines is 1. The summed E-state index contributed by atoms with van der Waals surface area (Å²) in [6, 6.07) is 8.92. The number of carbonyl (C=O) groups excluding carboxylic acids is 1. The summed E-state index contributed by atoms with van der Waals surface area (Å²) in [5, 5.41) is 3.25. The molecule has 0 unspecified atom stereocenters. The lowest BCUT2D eigenvalue weighted by atomic mass is 10.1. The Morgan fingerprint density at radius 3 is 2.17 bits per heavy atom. The normalized spacial score (nSPS) is 20.2. The highest BCUT2D eigenvalue weighted by atomic mass is 79.9. The van der Waals surface area contributed by atoms with Gasteiger partial charge in [0.2, 0.25) is 0 Å². The molecule has 1 saturated heterocycles. The van der Waals surface area contributed by atoms with E-state index >= 15 is 0 Å². The molecule has 2 amide bonds. The van der Waals surface area contributed by atoms with Crippen LogP contribution in [-0.4, -0.2) is 43.2 Å². The highest BCUT2D eigenvalue weighted by Gasteiger charge is 2.23. The molecule has 1 aromatic rings. The molecule has 3 rings (SSSR count). The van der Waals surface area contributed by atoms with E-state index in [0.29, 0.717) is 6.04 Å². The number of urea groups is 1. The first-order valence-electron chi connectivity index (χ1n) is 8.78. The van der Waals surface area contributed by atoms with Gasteiger partial charge in [-0.05, 0) is 37.1 Å². The van der Waals surface area contributed by atoms with Gasteiger partial charge in [-0.25, -0.2) is 4.79 Å². The van der Waals surface area contributed by atoms with Gasteiger partial charge in [0.1, 0.15) is 0 Å². The van der Waals surface area contributed by atoms with Crippen molar-refractivity contribution in [2.75, 3.05) is 31.1 Å². The topological polar surface area (TPSA) is 35.6 Å². The van der Waals surface area contributed by atoms with Gasteiger partial charge in [-0.15, -0.1) is 0 Å². The molecule has 2 aliphatic rings. The van der Waals surface area contributed by atoms with Gasteiger partial charge < -0.3 is 15.1 Å². The maximum atomic E-state index is 12.5. The fourth-order valence-electron chi connectivity index (χ4n) is 3.51. The van der Waals surface area contributed by atoms with Crippen LogP contribution >= 0.6 is 15.9 Å². The first kappa shape index (κ1) is 16.6. The number of halogens is 1. The molecule has 0 bridgehead atoms. The van der Waals surface area contributed by atoms with Gasteiger partial charge in [0.25, 0.3) is 0 Å². The predicted molar refractivity (Wildman–Crippen MR) is 97.9 cm³/mol. The Morgan fingerprint density at radius 2 is 1.57 bits per heavy atom. The van der Waals surface area contributed by atoms with Crippen molar-refractivity contribution in [2.45, 2.75) is 44.6 Å². The zero-order valence-electron chi connectivity index (χ0n) is 13.6. The van der Waals surface area contributed by atoms with Crippen molar-refractivity contribution in [2.24, 2.45) is 0 Å². The highest BCUT2D eigenvalue weighted by Crippen LogP contribution is 2.20. The van der Waals surface area contributed by atoms with Crippen molar-refractivity contribution in [3.63, 3.8) is 0 Å². The van der Waals surface area contributed by atoms with E-state index in [1.807, 2.05) is 4.90 Å². The van der Waals surface area contributed by atoms with Crippen LogP contribution in [0.2, 0.25) is 0 Å². The van der Waals surface area contributed by atoms with Crippen LogP contribution in [0.15, 0.2) is 28.7 Å². The molecule has 0 radical (unpaired) electrons. The molecule has 1 saturated carbocycles. The number of nitrogens with one attached hydrogen (secondary N) is 1. The maximum absolute atomic E-state index is 12.5. The van der Waals surface area contributed by atoms with Gasteiger partial charge in [0, 0.05) is 42.4 Å². The number of benzene rings is 1. The summed E-state index contributed by atoms with van der Waals surface area (Å²) in [4.78, 5) is 16.8. The molecule has 23 heavy (non-hydrogen) atoms. The molecule has 1 aliphatic carbocycles. The van der Waals surface area contributed by atoms with Crippen LogP contribution in [0.1, 0.15) is 38.5 Å². The average molecular weight is 380 g/mol. The Kier molecular flexibility index (Phi) is 5.81. The Hall–Kier alpha value is -1.23. The third-order valence-electron chi connectivity index (χ3n) is 4.94. The van der Waals surface area contributed by atoms with Crippen molar-refractivity contribution >= 4 is 27.6 Å². The van der Waals surface area contributed by atoms with E-state index < -0.39 is 0 Å². The van der Waals surface area contributed by atoms with E-state index in [-0.39, 0.29) is 6.03 Å². The Balaban J connectivity index is 1.48. The number of nitrogens with zero attached hydrogens (tertiary/aromatic N) is 2. The van der Waals surface area contributed by atoms with Crippen molar-refractivity contribution in [1.82, 2.24) is 10.2 Å². The van der Waals surface area contributed by atoms with Gasteiger partial charge in [0.05, 0.1) is 0 Å². The monoisotopic (exact) mass is 379 g/mol. The first-order valence-corrected chi connectivity index (χ1v) is 9.57. The van der Waals surface area contributed by atoms with Gasteiger partial charge in [-0.2, -0.15) is 0 Å². The van der Waals surface area contributed by atoms with E-state index in [1.54, 1.807) is 0 Å². The summed E-state index contributed by atoms with van der Waals surface area (Å²) in [6.07, 6.45) is 7.43. The van der Waals surface area contributed by atoms with Crippen molar-refractivity contribution in [1.29, 1.82) is 0 Å². The summed E-state index contributed by atoms with van der Waals surface area (Å²) in [5.74, 6) is 0. The Labute approximate surface area is 147 Å². The number of hydrogen-bond donors (Lipinski definition) is 1.